The van der Waals surface area contributed by atoms with E-state index < -0.39 is 17.8 Å². The summed E-state index contributed by atoms with van der Waals surface area (Å²) in [7, 11) is 30.4. The second-order valence-electron chi connectivity index (χ2n) is 24.0. The van der Waals surface area contributed by atoms with Crippen molar-refractivity contribution in [1.29, 1.82) is 15.8 Å². The molecule has 11 aromatic rings. The molecule has 33 nitrogen and oxygen atoms in total. The number of primary amides is 1. The van der Waals surface area contributed by atoms with Gasteiger partial charge >= 0.3 is 17.9 Å². The summed E-state index contributed by atoms with van der Waals surface area (Å²) in [5.74, 6) is -0.264. The molecule has 12 rings (SSSR count). The van der Waals surface area contributed by atoms with Crippen molar-refractivity contribution in [2.24, 2.45) is 10.7 Å². The van der Waals surface area contributed by atoms with Crippen LogP contribution in [0.2, 0.25) is 5.15 Å². The normalized spacial score (nSPS) is 10.5. The van der Waals surface area contributed by atoms with Crippen LogP contribution in [-0.2, 0) is 23.8 Å². The highest BCUT2D eigenvalue weighted by molar-refractivity contribution is 8.00. The molecule has 1 aliphatic heterocycles. The first kappa shape index (κ1) is 87.0. The lowest BCUT2D eigenvalue weighted by Gasteiger charge is -2.15. The number of carbonyl (C=O) groups is 4. The lowest BCUT2D eigenvalue weighted by molar-refractivity contribution is -0.137. The van der Waals surface area contributed by atoms with E-state index in [0.29, 0.717) is 70.4 Å². The molecule has 0 unspecified atom stereocenters. The van der Waals surface area contributed by atoms with E-state index in [1.54, 1.807) is 93.0 Å². The number of H-pyrrole nitrogens is 1. The van der Waals surface area contributed by atoms with Crippen LogP contribution in [0.1, 0.15) is 36.0 Å². The summed E-state index contributed by atoms with van der Waals surface area (Å²) in [6, 6.07) is 22.3. The topological polar surface area (TPSA) is 409 Å². The van der Waals surface area contributed by atoms with Crippen LogP contribution >= 0.6 is 57.4 Å². The number of nitriles is 3. The second kappa shape index (κ2) is 40.9. The summed E-state index contributed by atoms with van der Waals surface area (Å²) in [4.78, 5) is 120. The van der Waals surface area contributed by atoms with E-state index in [0.717, 1.165) is 59.1 Å². The van der Waals surface area contributed by atoms with Crippen LogP contribution < -0.4 is 61.5 Å². The Balaban J connectivity index is 0.000000209. The molecule has 0 bridgehead atoms. The number of anilines is 7. The van der Waals surface area contributed by atoms with Crippen molar-refractivity contribution >= 4 is 174 Å². The molecule has 10 aromatic heterocycles. The van der Waals surface area contributed by atoms with Crippen LogP contribution in [0.25, 0.3) is 51.4 Å². The third-order valence-corrected chi connectivity index (χ3v) is 19.4. The third-order valence-electron chi connectivity index (χ3n) is 14.9. The molecular weight excluding hydrogens is 1520 g/mol. The number of hydrogen-bond donors (Lipinski definition) is 3. The van der Waals surface area contributed by atoms with Gasteiger partial charge in [0.1, 0.15) is 86.0 Å². The maximum absolute atomic E-state index is 13.1. The van der Waals surface area contributed by atoms with Gasteiger partial charge in [-0.3, -0.25) is 23.7 Å². The zero-order chi connectivity index (χ0) is 82.1. The van der Waals surface area contributed by atoms with Gasteiger partial charge in [-0.1, -0.05) is 23.4 Å². The Morgan fingerprint density at radius 3 is 1.63 bits per heavy atom. The largest absolute Gasteiger partial charge is 0.468 e. The quantitative estimate of drug-likeness (QED) is 0.0163. The number of benzene rings is 1. The van der Waals surface area contributed by atoms with E-state index in [2.05, 4.69) is 61.3 Å². The van der Waals surface area contributed by atoms with E-state index in [-0.39, 0.29) is 46.9 Å². The van der Waals surface area contributed by atoms with Gasteiger partial charge in [-0.2, -0.15) is 15.8 Å². The average Bonchev–Trinajstić information content (AvgIpc) is 1.62. The number of amides is 1. The number of aromatic nitrogens is 8. The summed E-state index contributed by atoms with van der Waals surface area (Å²) in [6.45, 7) is 6.06. The number of hydrogen-bond acceptors (Lipinski definition) is 32. The van der Waals surface area contributed by atoms with Crippen molar-refractivity contribution in [3.05, 3.63) is 162 Å². The molecule has 5 N–H and O–H groups in total. The van der Waals surface area contributed by atoms with Gasteiger partial charge in [0.15, 0.2) is 11.5 Å². The molecule has 1 aliphatic rings. The Labute approximate surface area is 660 Å². The molecule has 0 saturated heterocycles. The predicted molar refractivity (Wildman–Crippen MR) is 439 cm³/mol. The summed E-state index contributed by atoms with van der Waals surface area (Å²) in [5, 5.41) is 29.9. The van der Waals surface area contributed by atoms with Gasteiger partial charge in [-0.05, 0) is 48.5 Å². The van der Waals surface area contributed by atoms with Gasteiger partial charge in [-0.15, -0.1) is 34.0 Å². The van der Waals surface area contributed by atoms with Gasteiger partial charge in [0, 0.05) is 142 Å². The number of ether oxygens (including phenoxy) is 5. The molecule has 0 spiro atoms. The minimum Gasteiger partial charge on any atom is -0.468 e. The maximum Gasteiger partial charge on any atom is 0.350 e. The lowest BCUT2D eigenvalue weighted by atomic mass is 10.2. The predicted octanol–water partition coefficient (Wildman–Crippen LogP) is 9.55. The van der Waals surface area contributed by atoms with Crippen molar-refractivity contribution in [3.63, 3.8) is 0 Å². The van der Waals surface area contributed by atoms with Crippen molar-refractivity contribution in [2.45, 2.75) is 5.03 Å². The molecule has 0 radical (unpaired) electrons. The zero-order valence-corrected chi connectivity index (χ0v) is 67.6. The smallest absolute Gasteiger partial charge is 0.350 e. The number of fused-ring (bicyclic) bond motifs is 6. The number of halogens is 1. The van der Waals surface area contributed by atoms with Crippen LogP contribution in [0.4, 0.5) is 45.5 Å². The van der Waals surface area contributed by atoms with Crippen LogP contribution in [0.15, 0.2) is 118 Å². The highest BCUT2D eigenvalue weighted by atomic mass is 35.5. The number of carbonyl (C=O) groups excluding carboxylic acids is 4. The fourth-order valence-electron chi connectivity index (χ4n) is 9.80. The number of aliphatic imine (C=N–C) groups is 1. The van der Waals surface area contributed by atoms with E-state index in [1.807, 2.05) is 150 Å². The van der Waals surface area contributed by atoms with Crippen LogP contribution in [0.5, 0.6) is 11.5 Å². The number of rotatable bonds is 15. The average molecular weight is 1600 g/mol. The summed E-state index contributed by atoms with van der Waals surface area (Å²) in [6.07, 6.45) is 13.1. The Hall–Kier alpha value is -12.9. The Morgan fingerprint density at radius 1 is 0.640 bits per heavy atom. The number of thiophene rings is 3. The SMILES string of the molecule is CN(C)c1cc[nH]c(=O)c1C#N.CN(C)c1ccnc(Cl)c1C#N.CN(C)c1ccnc2sc3c(=O)n(-c4ccc5c(c4)OCO5)cnc3c12.COC(=O)CSc1nccc(N(C)C)c1C#N.COC(=O)c1sc2nccc(N(C)C)c2c1N.COC(=O)c1sc2nccc(N(C)C)c2c1N=CN(C)C.[C-]#[N+]CC(N)=O. The van der Waals surface area contributed by atoms with Gasteiger partial charge in [0.25, 0.3) is 23.6 Å². The number of nitrogen functional groups attached to an aromatic ring is 1. The van der Waals surface area contributed by atoms with Gasteiger partial charge in [-0.25, -0.2) is 51.1 Å². The van der Waals surface area contributed by atoms with Crippen molar-refractivity contribution in [2.75, 3.05) is 174 Å². The summed E-state index contributed by atoms with van der Waals surface area (Å²) in [5.41, 5.74) is 18.7. The minimum absolute atomic E-state index is 0.124. The highest BCUT2D eigenvalue weighted by Gasteiger charge is 2.25. The monoisotopic (exact) mass is 1600 g/mol. The van der Waals surface area contributed by atoms with Crippen LogP contribution in [0, 0.1) is 40.6 Å². The minimum atomic E-state index is -0.565. The summed E-state index contributed by atoms with van der Waals surface area (Å²) >= 11 is 10.8. The van der Waals surface area contributed by atoms with Gasteiger partial charge in [0.2, 0.25) is 6.79 Å². The first-order valence-electron chi connectivity index (χ1n) is 32.4. The summed E-state index contributed by atoms with van der Waals surface area (Å²) < 4.78 is 26.9. The third kappa shape index (κ3) is 21.9. The van der Waals surface area contributed by atoms with Crippen molar-refractivity contribution < 1.29 is 42.9 Å². The molecule has 111 heavy (non-hydrogen) atoms. The van der Waals surface area contributed by atoms with Gasteiger partial charge < -0.3 is 79.3 Å². The molecule has 0 fully saturated rings. The fraction of sp³-hybridized carbons (Fsp3) is 0.274. The van der Waals surface area contributed by atoms with Crippen LogP contribution in [0.3, 0.4) is 0 Å². The molecule has 1 amide bonds. The standard InChI is InChI=1S/C18H14N4O3S.C14H18N4O2S.2C11H13N3O2S.C8H8ClN3.C8H9N3O.C3H4N2O/c1-21(2)11-5-6-19-17-14(11)15-16(26-17)18(23)22(8-20-15)10-3-4-12-13(7-10)25-9-24-12;1-17(2)8-16-11-10-9(18(3)4)6-7-15-13(10)21-12(11)14(19)20-5;1-14(2)6-4-5-13-10-7(6)8(12)9(17-10)11(15)16-3;1-14(2)9-4-5-13-11(8(9)6-12)17-7-10(15)16-3;1-12(2)7-3-4-11-8(9)6(7)5-10;1-11(2)7-3-4-10-8(12)6(7)5-9;1-5-2-3(4)6/h3-8H,9H2,1-2H3;6-8H,1-5H3;4-5H,12H2,1-3H3;4-5H,7H2,1-3H3;3-4H,1-2H3;3-4H,1-2H3,(H,10,12);2H2,(H2,4,6). The number of aromatic amines is 1. The number of nitrogens with one attached hydrogen (secondary N) is 1. The van der Waals surface area contributed by atoms with Crippen molar-refractivity contribution in [3.8, 4) is 35.4 Å². The second-order valence-corrected chi connectivity index (χ2v) is 28.3. The van der Waals surface area contributed by atoms with Crippen LogP contribution in [-0.4, -0.2) is 214 Å². The van der Waals surface area contributed by atoms with Gasteiger partial charge in [0.05, 0.1) is 101 Å². The molecule has 38 heteroatoms. The Kier molecular flexibility index (Phi) is 32.0. The fourth-order valence-corrected chi connectivity index (χ4v) is 13.9. The molecule has 0 saturated carbocycles. The molecule has 11 heterocycles. The zero-order valence-electron chi connectivity index (χ0n) is 63.6. The number of nitrogens with two attached hydrogens (primary N) is 2. The Bertz CT molecular complexity index is 5520. The van der Waals surface area contributed by atoms with Crippen molar-refractivity contribution in [1.82, 2.24) is 44.4 Å². The van der Waals surface area contributed by atoms with E-state index in [9.17, 15) is 28.8 Å². The number of thioether (sulfide) groups is 1. The number of methoxy groups -OCH3 is 3. The molecule has 0 aliphatic carbocycles. The van der Waals surface area contributed by atoms with E-state index >= 15 is 0 Å². The van der Waals surface area contributed by atoms with E-state index in [1.165, 1.54) is 77.9 Å². The lowest BCUT2D eigenvalue weighted by Crippen LogP contribution is -2.17. The number of pyridine rings is 6. The molecule has 0 atom stereocenters. The number of esters is 3. The Morgan fingerprint density at radius 2 is 1.13 bits per heavy atom. The van der Waals surface area contributed by atoms with E-state index in [4.69, 9.17) is 58.6 Å². The highest BCUT2D eigenvalue weighted by Crippen LogP contribution is 2.43. The first-order valence-corrected chi connectivity index (χ1v) is 36.2. The first-order chi connectivity index (χ1) is 52.8. The number of nitrogens with zero attached hydrogens (tertiary/aromatic N) is 19. The molecular formula is C73H79ClN22O11S4. The molecule has 1 aromatic carbocycles. The molecule has 578 valence electrons. The maximum atomic E-state index is 13.1.